The number of benzene rings is 2. The van der Waals surface area contributed by atoms with Crippen molar-refractivity contribution < 1.29 is 13.2 Å². The number of aryl methyl sites for hydroxylation is 1. The molecule has 0 aliphatic rings. The number of amides is 1. The molecule has 0 atom stereocenters. The van der Waals surface area contributed by atoms with Gasteiger partial charge in [-0.25, -0.2) is 18.1 Å². The third kappa shape index (κ3) is 4.59. The van der Waals surface area contributed by atoms with Gasteiger partial charge < -0.3 is 4.98 Å². The van der Waals surface area contributed by atoms with Gasteiger partial charge in [-0.3, -0.25) is 10.1 Å². The highest BCUT2D eigenvalue weighted by Gasteiger charge is 2.22. The van der Waals surface area contributed by atoms with E-state index >= 15 is 0 Å². The molecule has 2 heterocycles. The van der Waals surface area contributed by atoms with Crippen LogP contribution in [0.1, 0.15) is 36.8 Å². The van der Waals surface area contributed by atoms with Gasteiger partial charge in [0.15, 0.2) is 5.13 Å². The molecular weight excluding hydrogens is 444 g/mol. The van der Waals surface area contributed by atoms with Crippen molar-refractivity contribution in [2.45, 2.75) is 38.1 Å². The fourth-order valence-electron chi connectivity index (χ4n) is 3.47. The molecule has 1 amide bonds. The highest BCUT2D eigenvalue weighted by Crippen LogP contribution is 2.34. The van der Waals surface area contributed by atoms with E-state index in [2.05, 4.69) is 20.0 Å². The van der Waals surface area contributed by atoms with E-state index in [-0.39, 0.29) is 10.8 Å². The van der Waals surface area contributed by atoms with Crippen LogP contribution in [-0.4, -0.2) is 29.8 Å². The molecule has 4 aromatic rings. The summed E-state index contributed by atoms with van der Waals surface area (Å²) in [6.07, 6.45) is 0. The number of hydrogen-bond donors (Lipinski definition) is 3. The Morgan fingerprint density at radius 1 is 1.06 bits per heavy atom. The maximum absolute atomic E-state index is 12.7. The minimum Gasteiger partial charge on any atom is -0.358 e. The molecule has 0 saturated carbocycles. The fraction of sp³-hybridized carbons (Fsp3) is 0.217. The molecule has 7 nitrogen and oxygen atoms in total. The molecular formula is C23H24N4O3S2. The van der Waals surface area contributed by atoms with E-state index in [0.717, 1.165) is 27.9 Å². The van der Waals surface area contributed by atoms with E-state index in [1.165, 1.54) is 35.6 Å². The molecule has 0 aliphatic heterocycles. The number of rotatable bonds is 5. The zero-order chi connectivity index (χ0) is 23.1. The summed E-state index contributed by atoms with van der Waals surface area (Å²) in [7, 11) is -3.66. The zero-order valence-corrected chi connectivity index (χ0v) is 19.8. The summed E-state index contributed by atoms with van der Waals surface area (Å²) < 4.78 is 27.5. The van der Waals surface area contributed by atoms with Crippen LogP contribution in [0.3, 0.4) is 0 Å². The zero-order valence-electron chi connectivity index (χ0n) is 18.2. The summed E-state index contributed by atoms with van der Waals surface area (Å²) in [5.74, 6) is -0.353. The molecule has 166 valence electrons. The first-order valence-electron chi connectivity index (χ1n) is 10.0. The molecule has 4 rings (SSSR count). The third-order valence-corrected chi connectivity index (χ3v) is 7.27. The van der Waals surface area contributed by atoms with Crippen LogP contribution in [0.4, 0.5) is 5.13 Å². The number of hydrogen-bond acceptors (Lipinski definition) is 5. The van der Waals surface area contributed by atoms with Gasteiger partial charge in [0.05, 0.1) is 10.6 Å². The van der Waals surface area contributed by atoms with Crippen molar-refractivity contribution in [2.24, 2.45) is 0 Å². The predicted molar refractivity (Wildman–Crippen MR) is 129 cm³/mol. The molecule has 0 radical (unpaired) electrons. The van der Waals surface area contributed by atoms with Crippen LogP contribution < -0.4 is 10.0 Å². The van der Waals surface area contributed by atoms with Crippen LogP contribution in [0.2, 0.25) is 0 Å². The number of nitrogens with one attached hydrogen (secondary N) is 3. The highest BCUT2D eigenvalue weighted by atomic mass is 32.2. The molecule has 9 heteroatoms. The molecule has 0 unspecified atom stereocenters. The smallest absolute Gasteiger partial charge is 0.257 e. The number of sulfonamides is 1. The fourth-order valence-corrected chi connectivity index (χ4v) is 5.58. The van der Waals surface area contributed by atoms with Gasteiger partial charge in [0.1, 0.15) is 0 Å². The van der Waals surface area contributed by atoms with Crippen molar-refractivity contribution >= 4 is 43.3 Å². The normalized spacial score (nSPS) is 12.2. The van der Waals surface area contributed by atoms with Crippen LogP contribution in [0.25, 0.3) is 22.2 Å². The number of thiazole rings is 1. The van der Waals surface area contributed by atoms with Gasteiger partial charge in [-0.15, -0.1) is 11.3 Å². The summed E-state index contributed by atoms with van der Waals surface area (Å²) in [6.45, 7) is 7.31. The lowest BCUT2D eigenvalue weighted by Gasteiger charge is -2.20. The molecule has 0 spiro atoms. The first kappa shape index (κ1) is 22.2. The van der Waals surface area contributed by atoms with Gasteiger partial charge in [0.25, 0.3) is 5.91 Å². The minimum atomic E-state index is -3.66. The monoisotopic (exact) mass is 468 g/mol. The van der Waals surface area contributed by atoms with Crippen molar-refractivity contribution in [2.75, 3.05) is 5.32 Å². The molecule has 0 aliphatic carbocycles. The largest absolute Gasteiger partial charge is 0.358 e. The summed E-state index contributed by atoms with van der Waals surface area (Å²) in [5, 5.41) is 6.26. The number of carbonyl (C=O) groups excluding carboxylic acids is 1. The Morgan fingerprint density at radius 2 is 1.75 bits per heavy atom. The Bertz CT molecular complexity index is 1400. The second kappa shape index (κ2) is 8.16. The lowest BCUT2D eigenvalue weighted by atomic mass is 10.1. The Balaban J connectivity index is 1.52. The number of aromatic nitrogens is 2. The molecule has 2 aromatic carbocycles. The van der Waals surface area contributed by atoms with E-state index in [0.29, 0.717) is 10.7 Å². The topological polar surface area (TPSA) is 104 Å². The van der Waals surface area contributed by atoms with E-state index in [1.54, 1.807) is 20.8 Å². The maximum Gasteiger partial charge on any atom is 0.257 e. The Labute approximate surface area is 191 Å². The van der Waals surface area contributed by atoms with Crippen molar-refractivity contribution in [3.05, 3.63) is 65.2 Å². The second-order valence-electron chi connectivity index (χ2n) is 8.54. The van der Waals surface area contributed by atoms with E-state index in [9.17, 15) is 13.2 Å². The van der Waals surface area contributed by atoms with Crippen LogP contribution in [0.15, 0.2) is 58.8 Å². The standard InChI is InChI=1S/C23H24N4O3S2/c1-14-20(17-7-5-6-8-18(17)24-14)19-13-31-22(25-19)26-21(28)15-9-11-16(12-10-15)32(29,30)27-23(2,3)4/h5-13,24,27H,1-4H3,(H,25,26,28). The Morgan fingerprint density at radius 3 is 2.44 bits per heavy atom. The van der Waals surface area contributed by atoms with Crippen molar-refractivity contribution in [1.29, 1.82) is 0 Å². The average Bonchev–Trinajstić information content (AvgIpc) is 3.29. The van der Waals surface area contributed by atoms with Gasteiger partial charge in [0, 0.05) is 38.6 Å². The lowest BCUT2D eigenvalue weighted by Crippen LogP contribution is -2.40. The van der Waals surface area contributed by atoms with E-state index in [4.69, 9.17) is 0 Å². The molecule has 3 N–H and O–H groups in total. The summed E-state index contributed by atoms with van der Waals surface area (Å²) >= 11 is 1.34. The number of nitrogens with zero attached hydrogens (tertiary/aromatic N) is 1. The van der Waals surface area contributed by atoms with Crippen molar-refractivity contribution in [1.82, 2.24) is 14.7 Å². The lowest BCUT2D eigenvalue weighted by molar-refractivity contribution is 0.102. The molecule has 0 saturated heterocycles. The van der Waals surface area contributed by atoms with Crippen LogP contribution >= 0.6 is 11.3 Å². The summed E-state index contributed by atoms with van der Waals surface area (Å²) in [5.41, 5.74) is 3.60. The van der Waals surface area contributed by atoms with Gasteiger partial charge >= 0.3 is 0 Å². The van der Waals surface area contributed by atoms with Crippen LogP contribution in [0, 0.1) is 6.92 Å². The summed E-state index contributed by atoms with van der Waals surface area (Å²) in [4.78, 5) is 20.7. The number of fused-ring (bicyclic) bond motifs is 1. The number of H-pyrrole nitrogens is 1. The van der Waals surface area contributed by atoms with Crippen molar-refractivity contribution in [3.63, 3.8) is 0 Å². The first-order chi connectivity index (χ1) is 15.0. The number of para-hydroxylation sites is 1. The minimum absolute atomic E-state index is 0.107. The van der Waals surface area contributed by atoms with Crippen LogP contribution in [-0.2, 0) is 10.0 Å². The van der Waals surface area contributed by atoms with Gasteiger partial charge in [-0.2, -0.15) is 0 Å². The van der Waals surface area contributed by atoms with Crippen molar-refractivity contribution in [3.8, 4) is 11.3 Å². The van der Waals surface area contributed by atoms with Crippen LogP contribution in [0.5, 0.6) is 0 Å². The van der Waals surface area contributed by atoms with E-state index < -0.39 is 15.6 Å². The molecule has 32 heavy (non-hydrogen) atoms. The SMILES string of the molecule is Cc1[nH]c2ccccc2c1-c1csc(NC(=O)c2ccc(S(=O)(=O)NC(C)(C)C)cc2)n1. The summed E-state index contributed by atoms with van der Waals surface area (Å²) in [6, 6.07) is 13.8. The van der Waals surface area contributed by atoms with Gasteiger partial charge in [-0.05, 0) is 58.0 Å². The average molecular weight is 469 g/mol. The first-order valence-corrected chi connectivity index (χ1v) is 12.4. The predicted octanol–water partition coefficient (Wildman–Crippen LogP) is 4.93. The molecule has 0 fully saturated rings. The maximum atomic E-state index is 12.7. The third-order valence-electron chi connectivity index (χ3n) is 4.74. The number of carbonyl (C=O) groups is 1. The second-order valence-corrected chi connectivity index (χ2v) is 11.1. The Hall–Kier alpha value is -3.01. The molecule has 0 bridgehead atoms. The quantitative estimate of drug-likeness (QED) is 0.386. The molecule has 2 aromatic heterocycles. The number of aromatic amines is 1. The number of anilines is 1. The van der Waals surface area contributed by atoms with Gasteiger partial charge in [0.2, 0.25) is 10.0 Å². The Kier molecular flexibility index (Phi) is 5.66. The highest BCUT2D eigenvalue weighted by molar-refractivity contribution is 7.89. The van der Waals surface area contributed by atoms with E-state index in [1.807, 2.05) is 36.6 Å². The van der Waals surface area contributed by atoms with Gasteiger partial charge in [-0.1, -0.05) is 18.2 Å².